The molecule has 0 aliphatic carbocycles. The number of phenols is 2. The van der Waals surface area contributed by atoms with Crippen LogP contribution in [0, 0.1) is 13.8 Å². The third-order valence-corrected chi connectivity index (χ3v) is 2.90. The van der Waals surface area contributed by atoms with Gasteiger partial charge >= 0.3 is 6.03 Å². The molecule has 2 aromatic rings. The van der Waals surface area contributed by atoms with E-state index in [9.17, 15) is 15.0 Å². The SMILES string of the molecule is Cc1ccc(C)c(NC(=O)Nc2c(O)cccc2O)c1. The molecule has 5 nitrogen and oxygen atoms in total. The van der Waals surface area contributed by atoms with Gasteiger partial charge in [-0.05, 0) is 43.2 Å². The third kappa shape index (κ3) is 3.00. The minimum absolute atomic E-state index is 0.0182. The highest BCUT2D eigenvalue weighted by Crippen LogP contribution is 2.32. The molecule has 0 aromatic heterocycles. The zero-order valence-corrected chi connectivity index (χ0v) is 11.3. The van der Waals surface area contributed by atoms with Gasteiger partial charge in [-0.1, -0.05) is 18.2 Å². The van der Waals surface area contributed by atoms with E-state index in [4.69, 9.17) is 0 Å². The average Bonchev–Trinajstić information content (AvgIpc) is 2.38. The van der Waals surface area contributed by atoms with Crippen LogP contribution in [0.25, 0.3) is 0 Å². The lowest BCUT2D eigenvalue weighted by molar-refractivity contribution is 0.262. The molecule has 2 amide bonds. The second-order valence-electron chi connectivity index (χ2n) is 4.57. The Kier molecular flexibility index (Phi) is 3.79. The highest BCUT2D eigenvalue weighted by molar-refractivity contribution is 6.02. The Morgan fingerprint density at radius 1 is 1.00 bits per heavy atom. The van der Waals surface area contributed by atoms with Gasteiger partial charge in [0.2, 0.25) is 0 Å². The molecule has 20 heavy (non-hydrogen) atoms. The van der Waals surface area contributed by atoms with Crippen LogP contribution in [0.4, 0.5) is 16.2 Å². The van der Waals surface area contributed by atoms with Crippen LogP contribution in [-0.4, -0.2) is 16.2 Å². The number of hydrogen-bond acceptors (Lipinski definition) is 3. The molecule has 0 fully saturated rings. The van der Waals surface area contributed by atoms with Gasteiger partial charge in [-0.25, -0.2) is 4.79 Å². The fourth-order valence-corrected chi connectivity index (χ4v) is 1.79. The van der Waals surface area contributed by atoms with Crippen molar-refractivity contribution in [1.82, 2.24) is 0 Å². The highest BCUT2D eigenvalue weighted by Gasteiger charge is 2.11. The molecule has 0 aliphatic rings. The fourth-order valence-electron chi connectivity index (χ4n) is 1.79. The minimum Gasteiger partial charge on any atom is -0.506 e. The number of benzene rings is 2. The van der Waals surface area contributed by atoms with Crippen LogP contribution in [0.15, 0.2) is 36.4 Å². The van der Waals surface area contributed by atoms with Gasteiger partial charge in [-0.15, -0.1) is 0 Å². The van der Waals surface area contributed by atoms with Crippen LogP contribution < -0.4 is 10.6 Å². The van der Waals surface area contributed by atoms with Crippen molar-refractivity contribution < 1.29 is 15.0 Å². The standard InChI is InChI=1S/C15H16N2O3/c1-9-6-7-10(2)11(8-9)16-15(20)17-14-12(18)4-3-5-13(14)19/h3-8,18-19H,1-2H3,(H2,16,17,20). The Labute approximate surface area is 116 Å². The Bertz CT molecular complexity index is 633. The quantitative estimate of drug-likeness (QED) is 0.633. The van der Waals surface area contributed by atoms with E-state index in [0.29, 0.717) is 5.69 Å². The molecule has 4 N–H and O–H groups in total. The van der Waals surface area contributed by atoms with Gasteiger partial charge in [0.1, 0.15) is 17.2 Å². The Hall–Kier alpha value is -2.69. The number of nitrogens with one attached hydrogen (secondary N) is 2. The first kappa shape index (κ1) is 13.7. The first-order valence-electron chi connectivity index (χ1n) is 6.13. The molecule has 0 spiro atoms. The van der Waals surface area contributed by atoms with Crippen molar-refractivity contribution in [1.29, 1.82) is 0 Å². The lowest BCUT2D eigenvalue weighted by Gasteiger charge is -2.12. The van der Waals surface area contributed by atoms with Crippen LogP contribution >= 0.6 is 0 Å². The van der Waals surface area contributed by atoms with Crippen molar-refractivity contribution in [3.05, 3.63) is 47.5 Å². The Balaban J connectivity index is 2.15. The van der Waals surface area contributed by atoms with Gasteiger partial charge in [0.05, 0.1) is 0 Å². The summed E-state index contributed by atoms with van der Waals surface area (Å²) >= 11 is 0. The zero-order chi connectivity index (χ0) is 14.7. The minimum atomic E-state index is -0.532. The second kappa shape index (κ2) is 5.52. The van der Waals surface area contributed by atoms with E-state index in [0.717, 1.165) is 11.1 Å². The molecule has 0 radical (unpaired) electrons. The lowest BCUT2D eigenvalue weighted by Crippen LogP contribution is -2.20. The summed E-state index contributed by atoms with van der Waals surface area (Å²) < 4.78 is 0. The number of rotatable bonds is 2. The zero-order valence-electron chi connectivity index (χ0n) is 11.3. The van der Waals surface area contributed by atoms with E-state index in [1.165, 1.54) is 18.2 Å². The molecule has 0 bridgehead atoms. The Morgan fingerprint density at radius 2 is 1.65 bits per heavy atom. The number of amides is 2. The van der Waals surface area contributed by atoms with E-state index in [1.54, 1.807) is 0 Å². The Morgan fingerprint density at radius 3 is 2.30 bits per heavy atom. The van der Waals surface area contributed by atoms with Crippen molar-refractivity contribution in [2.75, 3.05) is 10.6 Å². The number of hydrogen-bond donors (Lipinski definition) is 4. The molecule has 0 saturated heterocycles. The van der Waals surface area contributed by atoms with Crippen LogP contribution in [0.1, 0.15) is 11.1 Å². The molecule has 0 unspecified atom stereocenters. The van der Waals surface area contributed by atoms with Crippen molar-refractivity contribution >= 4 is 17.4 Å². The molecular formula is C15H16N2O3. The number of anilines is 2. The summed E-state index contributed by atoms with van der Waals surface area (Å²) in [6.07, 6.45) is 0. The van der Waals surface area contributed by atoms with Gasteiger partial charge in [0.25, 0.3) is 0 Å². The first-order chi connectivity index (χ1) is 9.47. The van der Waals surface area contributed by atoms with Crippen molar-refractivity contribution in [3.8, 4) is 11.5 Å². The van der Waals surface area contributed by atoms with Gasteiger partial charge in [0, 0.05) is 5.69 Å². The summed E-state index contributed by atoms with van der Waals surface area (Å²) in [7, 11) is 0. The summed E-state index contributed by atoms with van der Waals surface area (Å²) in [5.41, 5.74) is 2.61. The number of carbonyl (C=O) groups is 1. The van der Waals surface area contributed by atoms with Crippen molar-refractivity contribution in [2.45, 2.75) is 13.8 Å². The van der Waals surface area contributed by atoms with E-state index in [1.807, 2.05) is 32.0 Å². The van der Waals surface area contributed by atoms with E-state index in [-0.39, 0.29) is 17.2 Å². The van der Waals surface area contributed by atoms with Crippen LogP contribution in [0.2, 0.25) is 0 Å². The summed E-state index contributed by atoms with van der Waals surface area (Å²) in [5.74, 6) is -0.387. The predicted molar refractivity (Wildman–Crippen MR) is 78.3 cm³/mol. The molecule has 5 heteroatoms. The number of urea groups is 1. The topological polar surface area (TPSA) is 81.6 Å². The van der Waals surface area contributed by atoms with Crippen molar-refractivity contribution in [2.24, 2.45) is 0 Å². The van der Waals surface area contributed by atoms with E-state index < -0.39 is 6.03 Å². The average molecular weight is 272 g/mol. The lowest BCUT2D eigenvalue weighted by atomic mass is 10.1. The van der Waals surface area contributed by atoms with Gasteiger partial charge in [-0.3, -0.25) is 0 Å². The van der Waals surface area contributed by atoms with E-state index in [2.05, 4.69) is 10.6 Å². The third-order valence-electron chi connectivity index (χ3n) is 2.90. The van der Waals surface area contributed by atoms with Crippen LogP contribution in [0.5, 0.6) is 11.5 Å². The maximum absolute atomic E-state index is 11.9. The molecule has 0 heterocycles. The summed E-state index contributed by atoms with van der Waals surface area (Å²) in [6.45, 7) is 3.81. The smallest absolute Gasteiger partial charge is 0.323 e. The molecular weight excluding hydrogens is 256 g/mol. The molecule has 2 aromatic carbocycles. The monoisotopic (exact) mass is 272 g/mol. The van der Waals surface area contributed by atoms with Gasteiger partial charge < -0.3 is 20.8 Å². The summed E-state index contributed by atoms with van der Waals surface area (Å²) in [5, 5.41) is 24.3. The maximum Gasteiger partial charge on any atom is 0.323 e. The number of carbonyl (C=O) groups excluding carboxylic acids is 1. The molecule has 0 saturated carbocycles. The second-order valence-corrected chi connectivity index (χ2v) is 4.57. The van der Waals surface area contributed by atoms with Crippen LogP contribution in [-0.2, 0) is 0 Å². The van der Waals surface area contributed by atoms with Crippen molar-refractivity contribution in [3.63, 3.8) is 0 Å². The molecule has 104 valence electrons. The number of aromatic hydroxyl groups is 2. The van der Waals surface area contributed by atoms with Gasteiger partial charge in [0.15, 0.2) is 0 Å². The fraction of sp³-hybridized carbons (Fsp3) is 0.133. The largest absolute Gasteiger partial charge is 0.506 e. The maximum atomic E-state index is 11.9. The number of para-hydroxylation sites is 1. The summed E-state index contributed by atoms with van der Waals surface area (Å²) in [6, 6.07) is 9.42. The predicted octanol–water partition coefficient (Wildman–Crippen LogP) is 3.36. The molecule has 2 rings (SSSR count). The van der Waals surface area contributed by atoms with Gasteiger partial charge in [-0.2, -0.15) is 0 Å². The highest BCUT2D eigenvalue weighted by atomic mass is 16.3. The first-order valence-corrected chi connectivity index (χ1v) is 6.13. The molecule has 0 atom stereocenters. The normalized spacial score (nSPS) is 10.1. The number of phenolic OH excluding ortho intramolecular Hbond substituents is 2. The molecule has 0 aliphatic heterocycles. The number of aryl methyl sites for hydroxylation is 2. The van der Waals surface area contributed by atoms with Crippen LogP contribution in [0.3, 0.4) is 0 Å². The summed E-state index contributed by atoms with van der Waals surface area (Å²) in [4.78, 5) is 11.9. The van der Waals surface area contributed by atoms with E-state index >= 15 is 0 Å².